The maximum Gasteiger partial charge on any atom is 0.243 e. The number of aromatic nitrogens is 2. The first kappa shape index (κ1) is 12.1. The second-order valence-corrected chi connectivity index (χ2v) is 3.97. The van der Waals surface area contributed by atoms with Crippen molar-refractivity contribution in [3.8, 4) is 0 Å². The molecule has 0 bridgehead atoms. The number of anilines is 1. The molecule has 0 spiro atoms. The van der Waals surface area contributed by atoms with E-state index in [1.165, 1.54) is 17.1 Å². The van der Waals surface area contributed by atoms with Crippen LogP contribution in [0.4, 0.5) is 5.69 Å². The lowest BCUT2D eigenvalue weighted by molar-refractivity contribution is -0.0544. The van der Waals surface area contributed by atoms with E-state index in [-0.39, 0.29) is 12.0 Å². The van der Waals surface area contributed by atoms with Gasteiger partial charge in [0.05, 0.1) is 24.1 Å². The molecule has 2 aromatic rings. The van der Waals surface area contributed by atoms with Crippen molar-refractivity contribution in [2.24, 2.45) is 0 Å². The highest BCUT2D eigenvalue weighted by Crippen LogP contribution is 2.18. The van der Waals surface area contributed by atoms with Crippen LogP contribution in [0.2, 0.25) is 0 Å². The SMILES string of the molecule is CC(c1ccccc1)N(O)C(=N)n1cc(N)cn1. The van der Waals surface area contributed by atoms with Crippen LogP contribution in [0.1, 0.15) is 18.5 Å². The molecule has 0 aliphatic rings. The molecule has 0 amide bonds. The smallest absolute Gasteiger partial charge is 0.243 e. The zero-order valence-electron chi connectivity index (χ0n) is 9.99. The van der Waals surface area contributed by atoms with E-state index in [1.54, 1.807) is 6.92 Å². The first-order valence-corrected chi connectivity index (χ1v) is 5.51. The summed E-state index contributed by atoms with van der Waals surface area (Å²) >= 11 is 0. The molecule has 4 N–H and O–H groups in total. The molecule has 1 aromatic heterocycles. The van der Waals surface area contributed by atoms with Crippen LogP contribution in [0.5, 0.6) is 0 Å². The minimum Gasteiger partial charge on any atom is -0.396 e. The highest BCUT2D eigenvalue weighted by Gasteiger charge is 2.18. The molecule has 1 aromatic carbocycles. The Kier molecular flexibility index (Phi) is 3.29. The van der Waals surface area contributed by atoms with Gasteiger partial charge in [0, 0.05) is 0 Å². The largest absolute Gasteiger partial charge is 0.396 e. The van der Waals surface area contributed by atoms with Crippen molar-refractivity contribution in [1.82, 2.24) is 14.8 Å². The first-order valence-electron chi connectivity index (χ1n) is 5.51. The highest BCUT2D eigenvalue weighted by molar-refractivity contribution is 5.78. The van der Waals surface area contributed by atoms with E-state index >= 15 is 0 Å². The van der Waals surface area contributed by atoms with Crippen LogP contribution in [-0.2, 0) is 0 Å². The van der Waals surface area contributed by atoms with E-state index in [0.29, 0.717) is 5.69 Å². The standard InChI is InChI=1S/C12H15N5O/c1-9(10-5-3-2-4-6-10)17(18)12(14)16-8-11(13)7-15-16/h2-9,14,18H,13H2,1H3. The Hall–Kier alpha value is -2.34. The van der Waals surface area contributed by atoms with Crippen molar-refractivity contribution in [2.75, 3.05) is 5.73 Å². The third-order valence-corrected chi connectivity index (χ3v) is 2.69. The Labute approximate surface area is 105 Å². The van der Waals surface area contributed by atoms with Crippen LogP contribution in [0.3, 0.4) is 0 Å². The summed E-state index contributed by atoms with van der Waals surface area (Å²) in [6, 6.07) is 9.10. The molecule has 94 valence electrons. The molecular formula is C12H15N5O. The van der Waals surface area contributed by atoms with Gasteiger partial charge in [0.15, 0.2) is 0 Å². The molecule has 2 rings (SSSR count). The Morgan fingerprint density at radius 1 is 1.44 bits per heavy atom. The van der Waals surface area contributed by atoms with Gasteiger partial charge in [0.2, 0.25) is 5.96 Å². The Bertz CT molecular complexity index is 536. The van der Waals surface area contributed by atoms with E-state index in [1.807, 2.05) is 30.3 Å². The summed E-state index contributed by atoms with van der Waals surface area (Å²) < 4.78 is 1.22. The molecule has 0 saturated carbocycles. The summed E-state index contributed by atoms with van der Waals surface area (Å²) in [5.41, 5.74) is 6.88. The number of nitrogens with one attached hydrogen (secondary N) is 1. The van der Waals surface area contributed by atoms with Gasteiger partial charge in [-0.3, -0.25) is 10.6 Å². The molecule has 1 atom stereocenters. The van der Waals surface area contributed by atoms with Crippen LogP contribution in [0.25, 0.3) is 0 Å². The van der Waals surface area contributed by atoms with Crippen LogP contribution in [0, 0.1) is 5.41 Å². The zero-order valence-corrected chi connectivity index (χ0v) is 9.99. The van der Waals surface area contributed by atoms with Crippen molar-refractivity contribution in [2.45, 2.75) is 13.0 Å². The van der Waals surface area contributed by atoms with E-state index in [2.05, 4.69) is 5.10 Å². The van der Waals surface area contributed by atoms with E-state index in [0.717, 1.165) is 10.6 Å². The summed E-state index contributed by atoms with van der Waals surface area (Å²) in [7, 11) is 0. The van der Waals surface area contributed by atoms with Crippen molar-refractivity contribution in [3.05, 3.63) is 48.3 Å². The van der Waals surface area contributed by atoms with Gasteiger partial charge in [-0.25, -0.2) is 9.75 Å². The summed E-state index contributed by atoms with van der Waals surface area (Å²) in [4.78, 5) is 0. The Balaban J connectivity index is 2.16. The molecule has 0 saturated heterocycles. The van der Waals surface area contributed by atoms with Crippen LogP contribution in [-0.4, -0.2) is 26.0 Å². The third-order valence-electron chi connectivity index (χ3n) is 2.69. The molecule has 6 nitrogen and oxygen atoms in total. The van der Waals surface area contributed by atoms with Crippen LogP contribution in [0.15, 0.2) is 42.7 Å². The number of nitrogen functional groups attached to an aromatic ring is 1. The van der Waals surface area contributed by atoms with E-state index in [4.69, 9.17) is 11.1 Å². The third kappa shape index (κ3) is 2.33. The molecule has 1 heterocycles. The van der Waals surface area contributed by atoms with Gasteiger partial charge in [-0.05, 0) is 12.5 Å². The molecule has 0 radical (unpaired) electrons. The van der Waals surface area contributed by atoms with E-state index in [9.17, 15) is 5.21 Å². The second kappa shape index (κ2) is 4.89. The summed E-state index contributed by atoms with van der Waals surface area (Å²) in [5, 5.41) is 22.6. The number of hydrogen-bond acceptors (Lipinski definition) is 4. The highest BCUT2D eigenvalue weighted by atomic mass is 16.5. The fourth-order valence-corrected chi connectivity index (χ4v) is 1.61. The zero-order chi connectivity index (χ0) is 13.1. The lowest BCUT2D eigenvalue weighted by Crippen LogP contribution is -2.34. The number of hydrogen-bond donors (Lipinski definition) is 3. The first-order chi connectivity index (χ1) is 8.59. The topological polar surface area (TPSA) is 91.2 Å². The Morgan fingerprint density at radius 2 is 2.11 bits per heavy atom. The normalized spacial score (nSPS) is 12.1. The lowest BCUT2D eigenvalue weighted by Gasteiger charge is -2.24. The van der Waals surface area contributed by atoms with Gasteiger partial charge in [-0.15, -0.1) is 0 Å². The van der Waals surface area contributed by atoms with Crippen molar-refractivity contribution >= 4 is 11.6 Å². The molecule has 0 aliphatic carbocycles. The van der Waals surface area contributed by atoms with Gasteiger partial charge >= 0.3 is 0 Å². The van der Waals surface area contributed by atoms with Gasteiger partial charge in [-0.1, -0.05) is 30.3 Å². The summed E-state index contributed by atoms with van der Waals surface area (Å²) in [5.74, 6) is -0.150. The lowest BCUT2D eigenvalue weighted by atomic mass is 10.1. The summed E-state index contributed by atoms with van der Waals surface area (Å²) in [6.07, 6.45) is 2.90. The monoisotopic (exact) mass is 245 g/mol. The predicted molar refractivity (Wildman–Crippen MR) is 68.2 cm³/mol. The van der Waals surface area contributed by atoms with Gasteiger partial charge in [-0.2, -0.15) is 5.10 Å². The maximum atomic E-state index is 10.0. The fraction of sp³-hybridized carbons (Fsp3) is 0.167. The van der Waals surface area contributed by atoms with Gasteiger partial charge in [0.1, 0.15) is 0 Å². The average molecular weight is 245 g/mol. The maximum absolute atomic E-state index is 10.0. The van der Waals surface area contributed by atoms with Crippen molar-refractivity contribution in [3.63, 3.8) is 0 Å². The molecular weight excluding hydrogens is 230 g/mol. The van der Waals surface area contributed by atoms with Gasteiger partial charge < -0.3 is 5.73 Å². The molecule has 6 heteroatoms. The summed E-state index contributed by atoms with van der Waals surface area (Å²) in [6.45, 7) is 1.80. The minimum absolute atomic E-state index is 0.150. The minimum atomic E-state index is -0.343. The van der Waals surface area contributed by atoms with Crippen LogP contribution >= 0.6 is 0 Å². The fourth-order valence-electron chi connectivity index (χ4n) is 1.61. The number of rotatable bonds is 2. The molecule has 18 heavy (non-hydrogen) atoms. The second-order valence-electron chi connectivity index (χ2n) is 3.97. The van der Waals surface area contributed by atoms with Crippen LogP contribution < -0.4 is 5.73 Å². The van der Waals surface area contributed by atoms with Crippen molar-refractivity contribution < 1.29 is 5.21 Å². The predicted octanol–water partition coefficient (Wildman–Crippen LogP) is 1.70. The quantitative estimate of drug-likeness (QED) is 0.426. The number of hydroxylamine groups is 2. The van der Waals surface area contributed by atoms with Gasteiger partial charge in [0.25, 0.3) is 0 Å². The van der Waals surface area contributed by atoms with Crippen molar-refractivity contribution in [1.29, 1.82) is 5.41 Å². The number of nitrogens with zero attached hydrogens (tertiary/aromatic N) is 3. The average Bonchev–Trinajstić information content (AvgIpc) is 2.84. The van der Waals surface area contributed by atoms with E-state index < -0.39 is 0 Å². The number of nitrogens with two attached hydrogens (primary N) is 1. The molecule has 1 unspecified atom stereocenters. The molecule has 0 fully saturated rings. The number of benzene rings is 1. The Morgan fingerprint density at radius 3 is 2.67 bits per heavy atom. The molecule has 0 aliphatic heterocycles.